The fourth-order valence-corrected chi connectivity index (χ4v) is 1.87. The molecule has 0 aliphatic carbocycles. The summed E-state index contributed by atoms with van der Waals surface area (Å²) in [6, 6.07) is 8.60. The number of carbonyl (C=O) groups is 2. The van der Waals surface area contributed by atoms with Crippen LogP contribution in [0, 0.1) is 0 Å². The van der Waals surface area contributed by atoms with E-state index in [1.54, 1.807) is 24.3 Å². The molecule has 1 aromatic rings. The molecule has 1 fully saturated rings. The minimum atomic E-state index is -0.504. The molecule has 1 saturated heterocycles. The highest BCUT2D eigenvalue weighted by Crippen LogP contribution is 2.19. The fraction of sp³-hybridized carbons (Fsp3) is 0.273. The van der Waals surface area contributed by atoms with Gasteiger partial charge in [0.25, 0.3) is 5.91 Å². The van der Waals surface area contributed by atoms with E-state index in [2.05, 4.69) is 15.9 Å². The van der Waals surface area contributed by atoms with Crippen molar-refractivity contribution in [3.05, 3.63) is 35.9 Å². The first-order valence-corrected chi connectivity index (χ1v) is 5.83. The smallest absolute Gasteiger partial charge is 0.333 e. The van der Waals surface area contributed by atoms with Crippen molar-refractivity contribution in [3.63, 3.8) is 0 Å². The molecule has 0 aromatic heterocycles. The van der Waals surface area contributed by atoms with Crippen molar-refractivity contribution in [3.8, 4) is 0 Å². The number of rotatable bonds is 2. The SMILES string of the molecule is O=C(ON1CCC(Br)C1=O)c1ccccc1. The van der Waals surface area contributed by atoms with Crippen LogP contribution in [0.4, 0.5) is 0 Å². The molecule has 16 heavy (non-hydrogen) atoms. The predicted molar refractivity (Wildman–Crippen MR) is 60.9 cm³/mol. The van der Waals surface area contributed by atoms with Crippen LogP contribution in [0.5, 0.6) is 0 Å². The third-order valence-electron chi connectivity index (χ3n) is 2.30. The van der Waals surface area contributed by atoms with E-state index in [1.807, 2.05) is 6.07 Å². The number of benzene rings is 1. The summed E-state index contributed by atoms with van der Waals surface area (Å²) in [7, 11) is 0. The van der Waals surface area contributed by atoms with Crippen LogP contribution in [-0.2, 0) is 9.63 Å². The second-order valence-electron chi connectivity index (χ2n) is 3.44. The van der Waals surface area contributed by atoms with Gasteiger partial charge in [-0.1, -0.05) is 34.1 Å². The molecule has 1 atom stereocenters. The quantitative estimate of drug-likeness (QED) is 0.777. The normalized spacial score (nSPS) is 19.9. The highest BCUT2D eigenvalue weighted by atomic mass is 79.9. The predicted octanol–water partition coefficient (Wildman–Crippen LogP) is 1.75. The van der Waals surface area contributed by atoms with Gasteiger partial charge in [0.15, 0.2) is 0 Å². The molecular formula is C11H10BrNO3. The summed E-state index contributed by atoms with van der Waals surface area (Å²) in [5.74, 6) is -0.708. The van der Waals surface area contributed by atoms with Crippen LogP contribution in [-0.4, -0.2) is 28.3 Å². The van der Waals surface area contributed by atoms with Crippen LogP contribution in [0.15, 0.2) is 30.3 Å². The summed E-state index contributed by atoms with van der Waals surface area (Å²) >= 11 is 3.21. The Morgan fingerprint density at radius 3 is 2.62 bits per heavy atom. The van der Waals surface area contributed by atoms with Gasteiger partial charge in [-0.3, -0.25) is 4.79 Å². The first-order valence-electron chi connectivity index (χ1n) is 4.91. The Bertz CT molecular complexity index is 407. The van der Waals surface area contributed by atoms with Crippen molar-refractivity contribution < 1.29 is 14.4 Å². The summed E-state index contributed by atoms with van der Waals surface area (Å²) in [4.78, 5) is 27.9. The summed E-state index contributed by atoms with van der Waals surface area (Å²) in [5.41, 5.74) is 0.438. The van der Waals surface area contributed by atoms with Crippen molar-refractivity contribution in [2.24, 2.45) is 0 Å². The van der Waals surface area contributed by atoms with Gasteiger partial charge in [-0.2, -0.15) is 5.06 Å². The van der Waals surface area contributed by atoms with E-state index in [-0.39, 0.29) is 10.7 Å². The molecule has 0 spiro atoms. The molecule has 2 rings (SSSR count). The minimum Gasteiger partial charge on any atom is -0.333 e. The lowest BCUT2D eigenvalue weighted by Crippen LogP contribution is -2.30. The molecule has 1 aliphatic heterocycles. The van der Waals surface area contributed by atoms with E-state index in [0.717, 1.165) is 5.06 Å². The van der Waals surface area contributed by atoms with Crippen molar-refractivity contribution in [1.82, 2.24) is 5.06 Å². The van der Waals surface area contributed by atoms with Crippen molar-refractivity contribution in [2.75, 3.05) is 6.54 Å². The molecule has 0 radical (unpaired) electrons. The van der Waals surface area contributed by atoms with E-state index in [1.165, 1.54) is 0 Å². The van der Waals surface area contributed by atoms with E-state index in [0.29, 0.717) is 18.5 Å². The zero-order valence-corrected chi connectivity index (χ0v) is 10.0. The Kier molecular flexibility index (Phi) is 3.24. The lowest BCUT2D eigenvalue weighted by atomic mass is 10.2. The Hall–Kier alpha value is -1.36. The zero-order chi connectivity index (χ0) is 11.5. The fourth-order valence-electron chi connectivity index (χ4n) is 1.44. The van der Waals surface area contributed by atoms with Crippen molar-refractivity contribution in [2.45, 2.75) is 11.2 Å². The topological polar surface area (TPSA) is 46.6 Å². The maximum Gasteiger partial charge on any atom is 0.363 e. The molecule has 1 aliphatic rings. The summed E-state index contributed by atoms with van der Waals surface area (Å²) in [6.07, 6.45) is 0.654. The Balaban J connectivity index is 2.01. The first-order chi connectivity index (χ1) is 7.68. The number of hydrogen-bond donors (Lipinski definition) is 0. The number of hydrogen-bond acceptors (Lipinski definition) is 3. The minimum absolute atomic E-state index is 0.204. The van der Waals surface area contributed by atoms with E-state index in [4.69, 9.17) is 4.84 Å². The van der Waals surface area contributed by atoms with Crippen LogP contribution in [0.2, 0.25) is 0 Å². The van der Waals surface area contributed by atoms with E-state index in [9.17, 15) is 9.59 Å². The highest BCUT2D eigenvalue weighted by Gasteiger charge is 2.32. The largest absolute Gasteiger partial charge is 0.363 e. The molecule has 5 heteroatoms. The molecule has 1 heterocycles. The van der Waals surface area contributed by atoms with Gasteiger partial charge < -0.3 is 4.84 Å². The standard InChI is InChI=1S/C11H10BrNO3/c12-9-6-7-13(10(9)14)16-11(15)8-4-2-1-3-5-8/h1-5,9H,6-7H2. The number of halogens is 1. The maximum absolute atomic E-state index is 11.6. The molecule has 1 unspecified atom stereocenters. The highest BCUT2D eigenvalue weighted by molar-refractivity contribution is 9.10. The summed E-state index contributed by atoms with van der Waals surface area (Å²) < 4.78 is 0. The lowest BCUT2D eigenvalue weighted by molar-refractivity contribution is -0.158. The zero-order valence-electron chi connectivity index (χ0n) is 8.43. The van der Waals surface area contributed by atoms with Gasteiger partial charge in [0.05, 0.1) is 16.9 Å². The molecular weight excluding hydrogens is 274 g/mol. The average Bonchev–Trinajstić information content (AvgIpc) is 2.62. The molecule has 0 saturated carbocycles. The number of carbonyl (C=O) groups excluding carboxylic acids is 2. The molecule has 0 bridgehead atoms. The maximum atomic E-state index is 11.6. The Morgan fingerprint density at radius 2 is 2.06 bits per heavy atom. The van der Waals surface area contributed by atoms with Crippen molar-refractivity contribution >= 4 is 27.8 Å². The van der Waals surface area contributed by atoms with Crippen LogP contribution >= 0.6 is 15.9 Å². The van der Waals surface area contributed by atoms with Gasteiger partial charge >= 0.3 is 5.97 Å². The first kappa shape index (κ1) is 11.1. The van der Waals surface area contributed by atoms with Gasteiger partial charge in [0, 0.05) is 0 Å². The molecule has 4 nitrogen and oxygen atoms in total. The third-order valence-corrected chi connectivity index (χ3v) is 3.15. The second-order valence-corrected chi connectivity index (χ2v) is 4.55. The van der Waals surface area contributed by atoms with Crippen LogP contribution in [0.1, 0.15) is 16.8 Å². The van der Waals surface area contributed by atoms with Crippen LogP contribution in [0.25, 0.3) is 0 Å². The molecule has 0 N–H and O–H groups in total. The van der Waals surface area contributed by atoms with Gasteiger partial charge in [-0.15, -0.1) is 0 Å². The second kappa shape index (κ2) is 4.65. The summed E-state index contributed by atoms with van der Waals surface area (Å²) in [5, 5.41) is 1.11. The lowest BCUT2D eigenvalue weighted by Gasteiger charge is -2.14. The van der Waals surface area contributed by atoms with Gasteiger partial charge in [0.1, 0.15) is 0 Å². The molecule has 84 valence electrons. The third kappa shape index (κ3) is 2.24. The van der Waals surface area contributed by atoms with Crippen LogP contribution in [0.3, 0.4) is 0 Å². The van der Waals surface area contributed by atoms with Gasteiger partial charge in [-0.25, -0.2) is 4.79 Å². The van der Waals surface area contributed by atoms with Gasteiger partial charge in [0.2, 0.25) is 0 Å². The monoisotopic (exact) mass is 283 g/mol. The number of amides is 1. The average molecular weight is 284 g/mol. The summed E-state index contributed by atoms with van der Waals surface area (Å²) in [6.45, 7) is 0.438. The van der Waals surface area contributed by atoms with Crippen molar-refractivity contribution in [1.29, 1.82) is 0 Å². The number of alkyl halides is 1. The van der Waals surface area contributed by atoms with Crippen LogP contribution < -0.4 is 0 Å². The number of hydroxylamine groups is 2. The Labute approximate surface area is 101 Å². The molecule has 1 amide bonds. The van der Waals surface area contributed by atoms with E-state index < -0.39 is 5.97 Å². The Morgan fingerprint density at radius 1 is 1.38 bits per heavy atom. The van der Waals surface area contributed by atoms with Gasteiger partial charge in [-0.05, 0) is 18.6 Å². The molecule has 1 aromatic carbocycles. The number of nitrogens with zero attached hydrogens (tertiary/aromatic N) is 1. The van der Waals surface area contributed by atoms with E-state index >= 15 is 0 Å².